The smallest absolute Gasteiger partial charge is 0.0466 e. The second-order valence-electron chi connectivity index (χ2n) is 8.68. The SMILES string of the molecule is C=CC(CCCCCOCCCCCC(C=C)Cc1ccccc1)Cc1ccccc1. The lowest BCUT2D eigenvalue weighted by atomic mass is 9.94. The van der Waals surface area contributed by atoms with Crippen molar-refractivity contribution in [3.05, 3.63) is 97.1 Å². The molecular weight excluding hydrogens is 376 g/mol. The molecule has 2 unspecified atom stereocenters. The maximum absolute atomic E-state index is 5.85. The van der Waals surface area contributed by atoms with Gasteiger partial charge in [-0.1, -0.05) is 98.5 Å². The van der Waals surface area contributed by atoms with Crippen molar-refractivity contribution in [2.24, 2.45) is 11.8 Å². The molecule has 2 atom stereocenters. The van der Waals surface area contributed by atoms with Crippen LogP contribution in [0.2, 0.25) is 0 Å². The van der Waals surface area contributed by atoms with Gasteiger partial charge in [0, 0.05) is 13.2 Å². The van der Waals surface area contributed by atoms with E-state index in [4.69, 9.17) is 4.74 Å². The lowest BCUT2D eigenvalue weighted by Crippen LogP contribution is -2.03. The highest BCUT2D eigenvalue weighted by molar-refractivity contribution is 5.16. The van der Waals surface area contributed by atoms with E-state index in [1.54, 1.807) is 0 Å². The molecule has 0 heterocycles. The summed E-state index contributed by atoms with van der Waals surface area (Å²) in [6, 6.07) is 21.5. The summed E-state index contributed by atoms with van der Waals surface area (Å²) in [6.45, 7) is 9.86. The normalized spacial score (nSPS) is 12.9. The highest BCUT2D eigenvalue weighted by atomic mass is 16.5. The van der Waals surface area contributed by atoms with E-state index in [0.29, 0.717) is 11.8 Å². The van der Waals surface area contributed by atoms with Crippen molar-refractivity contribution >= 4 is 0 Å². The maximum atomic E-state index is 5.85. The zero-order valence-corrected chi connectivity index (χ0v) is 19.4. The second kappa shape index (κ2) is 16.6. The third-order valence-electron chi connectivity index (χ3n) is 6.08. The molecule has 0 aliphatic carbocycles. The first-order valence-electron chi connectivity index (χ1n) is 12.2. The Morgan fingerprint density at radius 2 is 1.00 bits per heavy atom. The molecule has 2 aromatic rings. The first kappa shape index (κ1) is 25.1. The maximum Gasteiger partial charge on any atom is 0.0466 e. The van der Waals surface area contributed by atoms with Gasteiger partial charge in [0.15, 0.2) is 0 Å². The Labute approximate surface area is 191 Å². The summed E-state index contributed by atoms with van der Waals surface area (Å²) in [5, 5.41) is 0. The minimum atomic E-state index is 0.588. The summed E-state index contributed by atoms with van der Waals surface area (Å²) >= 11 is 0. The van der Waals surface area contributed by atoms with Crippen LogP contribution >= 0.6 is 0 Å². The van der Waals surface area contributed by atoms with Gasteiger partial charge in [-0.15, -0.1) is 13.2 Å². The van der Waals surface area contributed by atoms with Gasteiger partial charge in [-0.3, -0.25) is 0 Å². The molecule has 0 aliphatic rings. The van der Waals surface area contributed by atoms with Crippen LogP contribution in [0.25, 0.3) is 0 Å². The van der Waals surface area contributed by atoms with Crippen molar-refractivity contribution in [1.82, 2.24) is 0 Å². The van der Waals surface area contributed by atoms with Crippen LogP contribution in [0.5, 0.6) is 0 Å². The van der Waals surface area contributed by atoms with E-state index >= 15 is 0 Å². The van der Waals surface area contributed by atoms with E-state index in [1.807, 2.05) is 0 Å². The molecule has 0 saturated heterocycles. The Morgan fingerprint density at radius 1 is 0.581 bits per heavy atom. The van der Waals surface area contributed by atoms with Gasteiger partial charge in [0.25, 0.3) is 0 Å². The first-order valence-corrected chi connectivity index (χ1v) is 12.2. The van der Waals surface area contributed by atoms with Crippen LogP contribution in [0, 0.1) is 11.8 Å². The van der Waals surface area contributed by atoms with E-state index < -0.39 is 0 Å². The lowest BCUT2D eigenvalue weighted by Gasteiger charge is -2.13. The topological polar surface area (TPSA) is 9.23 Å². The minimum absolute atomic E-state index is 0.588. The fourth-order valence-electron chi connectivity index (χ4n) is 4.12. The van der Waals surface area contributed by atoms with Crippen LogP contribution in [0.1, 0.15) is 62.5 Å². The number of benzene rings is 2. The second-order valence-corrected chi connectivity index (χ2v) is 8.68. The number of rotatable bonds is 18. The van der Waals surface area contributed by atoms with Crippen LogP contribution in [0.15, 0.2) is 86.0 Å². The average Bonchev–Trinajstić information content (AvgIpc) is 2.82. The highest BCUT2D eigenvalue weighted by Gasteiger charge is 2.06. The van der Waals surface area contributed by atoms with Gasteiger partial charge < -0.3 is 4.74 Å². The lowest BCUT2D eigenvalue weighted by molar-refractivity contribution is 0.125. The number of hydrogen-bond acceptors (Lipinski definition) is 1. The van der Waals surface area contributed by atoms with Gasteiger partial charge in [-0.25, -0.2) is 0 Å². The molecule has 0 amide bonds. The molecule has 0 radical (unpaired) electrons. The van der Waals surface area contributed by atoms with Gasteiger partial charge in [0.2, 0.25) is 0 Å². The Hall–Kier alpha value is -2.12. The molecule has 2 aromatic carbocycles. The third-order valence-corrected chi connectivity index (χ3v) is 6.08. The van der Waals surface area contributed by atoms with Gasteiger partial charge in [-0.2, -0.15) is 0 Å². The molecule has 0 N–H and O–H groups in total. The zero-order valence-electron chi connectivity index (χ0n) is 19.4. The Morgan fingerprint density at radius 3 is 1.39 bits per heavy atom. The molecular formula is C30H42O. The van der Waals surface area contributed by atoms with E-state index in [9.17, 15) is 0 Å². The average molecular weight is 419 g/mol. The van der Waals surface area contributed by atoms with Crippen molar-refractivity contribution < 1.29 is 4.74 Å². The Balaban J connectivity index is 1.41. The molecule has 2 rings (SSSR count). The minimum Gasteiger partial charge on any atom is -0.381 e. The standard InChI is InChI=1S/C30H42O/c1-3-27(25-29-19-9-5-10-20-29)17-13-7-15-23-31-24-16-8-14-18-28(4-2)26-30-21-11-6-12-22-30/h3-6,9-12,19-22,27-28H,1-2,7-8,13-18,23-26H2. The summed E-state index contributed by atoms with van der Waals surface area (Å²) < 4.78 is 5.85. The molecule has 0 aromatic heterocycles. The van der Waals surface area contributed by atoms with Crippen LogP contribution in [0.4, 0.5) is 0 Å². The molecule has 1 heteroatoms. The van der Waals surface area contributed by atoms with Crippen LogP contribution in [-0.4, -0.2) is 13.2 Å². The van der Waals surface area contributed by atoms with Crippen molar-refractivity contribution in [2.75, 3.05) is 13.2 Å². The highest BCUT2D eigenvalue weighted by Crippen LogP contribution is 2.18. The summed E-state index contributed by atoms with van der Waals surface area (Å²) in [5.41, 5.74) is 2.82. The summed E-state index contributed by atoms with van der Waals surface area (Å²) in [6.07, 6.45) is 16.3. The summed E-state index contributed by atoms with van der Waals surface area (Å²) in [7, 11) is 0. The monoisotopic (exact) mass is 418 g/mol. The number of ether oxygens (including phenoxy) is 1. The van der Waals surface area contributed by atoms with Gasteiger partial charge in [0.05, 0.1) is 0 Å². The molecule has 0 bridgehead atoms. The molecule has 168 valence electrons. The van der Waals surface area contributed by atoms with Gasteiger partial charge in [-0.05, 0) is 61.5 Å². The summed E-state index contributed by atoms with van der Waals surface area (Å²) in [4.78, 5) is 0. The Kier molecular flexibility index (Phi) is 13.4. The fourth-order valence-corrected chi connectivity index (χ4v) is 4.12. The van der Waals surface area contributed by atoms with Crippen LogP contribution in [-0.2, 0) is 17.6 Å². The number of hydrogen-bond donors (Lipinski definition) is 0. The van der Waals surface area contributed by atoms with E-state index in [-0.39, 0.29) is 0 Å². The van der Waals surface area contributed by atoms with Crippen molar-refractivity contribution in [3.8, 4) is 0 Å². The van der Waals surface area contributed by atoms with E-state index in [0.717, 1.165) is 26.1 Å². The van der Waals surface area contributed by atoms with Crippen LogP contribution < -0.4 is 0 Å². The quantitative estimate of drug-likeness (QED) is 0.175. The van der Waals surface area contributed by atoms with Crippen molar-refractivity contribution in [3.63, 3.8) is 0 Å². The van der Waals surface area contributed by atoms with E-state index in [1.165, 1.54) is 62.5 Å². The van der Waals surface area contributed by atoms with E-state index in [2.05, 4.69) is 86.0 Å². The predicted molar refractivity (Wildman–Crippen MR) is 135 cm³/mol. The molecule has 0 saturated carbocycles. The fraction of sp³-hybridized carbons (Fsp3) is 0.467. The molecule has 0 spiro atoms. The van der Waals surface area contributed by atoms with Gasteiger partial charge >= 0.3 is 0 Å². The third kappa shape index (κ3) is 11.7. The summed E-state index contributed by atoms with van der Waals surface area (Å²) in [5.74, 6) is 1.18. The molecule has 0 aliphatic heterocycles. The predicted octanol–water partition coefficient (Wildman–Crippen LogP) is 8.21. The van der Waals surface area contributed by atoms with Gasteiger partial charge in [0.1, 0.15) is 0 Å². The van der Waals surface area contributed by atoms with Crippen molar-refractivity contribution in [2.45, 2.75) is 64.2 Å². The first-order chi connectivity index (χ1) is 15.3. The number of unbranched alkanes of at least 4 members (excludes halogenated alkanes) is 4. The molecule has 0 fully saturated rings. The van der Waals surface area contributed by atoms with Crippen LogP contribution in [0.3, 0.4) is 0 Å². The largest absolute Gasteiger partial charge is 0.381 e. The zero-order chi connectivity index (χ0) is 22.0. The number of allylic oxidation sites excluding steroid dienone is 2. The Bertz CT molecular complexity index is 629. The molecule has 1 nitrogen and oxygen atoms in total. The molecule has 31 heavy (non-hydrogen) atoms. The van der Waals surface area contributed by atoms with Crippen molar-refractivity contribution in [1.29, 1.82) is 0 Å².